The van der Waals surface area contributed by atoms with E-state index in [0.29, 0.717) is 18.9 Å². The highest BCUT2D eigenvalue weighted by molar-refractivity contribution is 5.73. The van der Waals surface area contributed by atoms with Gasteiger partial charge in [0.25, 0.3) is 0 Å². The third-order valence-electron chi connectivity index (χ3n) is 6.27. The fraction of sp³-hybridized carbons (Fsp3) is 0.900. The molecule has 2 fully saturated rings. The van der Waals surface area contributed by atoms with Crippen LogP contribution in [0.2, 0.25) is 0 Å². The zero-order chi connectivity index (χ0) is 19.7. The Labute approximate surface area is 157 Å². The Balaban J connectivity index is 2.03. The van der Waals surface area contributed by atoms with Gasteiger partial charge in [-0.15, -0.1) is 0 Å². The van der Waals surface area contributed by atoms with Gasteiger partial charge in [-0.1, -0.05) is 0 Å². The second-order valence-corrected chi connectivity index (χ2v) is 9.75. The first-order valence-corrected chi connectivity index (χ1v) is 9.89. The van der Waals surface area contributed by atoms with Crippen molar-refractivity contribution >= 4 is 11.9 Å². The summed E-state index contributed by atoms with van der Waals surface area (Å²) in [6.07, 6.45) is 4.27. The molecule has 0 radical (unpaired) electrons. The van der Waals surface area contributed by atoms with Crippen molar-refractivity contribution in [3.63, 3.8) is 0 Å². The van der Waals surface area contributed by atoms with Crippen LogP contribution in [0.5, 0.6) is 0 Å². The van der Waals surface area contributed by atoms with Gasteiger partial charge in [-0.25, -0.2) is 0 Å². The number of carboxylic acids is 2. The third-order valence-corrected chi connectivity index (χ3v) is 6.27. The van der Waals surface area contributed by atoms with E-state index in [-0.39, 0.29) is 17.0 Å². The maximum Gasteiger partial charge on any atom is 0.320 e. The minimum absolute atomic E-state index is 0.105. The molecule has 6 nitrogen and oxygen atoms in total. The molecule has 0 amide bonds. The summed E-state index contributed by atoms with van der Waals surface area (Å²) in [6.45, 7) is 12.9. The molecular formula is C20H36N2O4. The molecule has 3 unspecified atom stereocenters. The predicted molar refractivity (Wildman–Crippen MR) is 101 cm³/mol. The van der Waals surface area contributed by atoms with Crippen LogP contribution in [0.25, 0.3) is 0 Å². The third kappa shape index (κ3) is 4.97. The van der Waals surface area contributed by atoms with Crippen LogP contribution >= 0.6 is 0 Å². The number of nitrogens with zero attached hydrogens (tertiary/aromatic N) is 2. The largest absolute Gasteiger partial charge is 0.481 e. The monoisotopic (exact) mass is 368 g/mol. The number of carboxylic acid groups (broad SMARTS) is 2. The maximum atomic E-state index is 11.8. The Kier molecular flexibility index (Phi) is 6.39. The van der Waals surface area contributed by atoms with Crippen LogP contribution < -0.4 is 0 Å². The van der Waals surface area contributed by atoms with Gasteiger partial charge < -0.3 is 10.2 Å². The summed E-state index contributed by atoms with van der Waals surface area (Å²) in [7, 11) is 0. The van der Waals surface area contributed by atoms with Crippen molar-refractivity contribution in [1.82, 2.24) is 9.80 Å². The molecule has 0 saturated carbocycles. The van der Waals surface area contributed by atoms with Gasteiger partial charge in [0.2, 0.25) is 0 Å². The van der Waals surface area contributed by atoms with Crippen LogP contribution in [-0.4, -0.2) is 68.7 Å². The second kappa shape index (κ2) is 7.85. The molecular weight excluding hydrogens is 332 g/mol. The summed E-state index contributed by atoms with van der Waals surface area (Å²) < 4.78 is 0. The molecule has 6 heteroatoms. The first-order chi connectivity index (χ1) is 11.9. The lowest BCUT2D eigenvalue weighted by Gasteiger charge is -2.48. The van der Waals surface area contributed by atoms with Gasteiger partial charge >= 0.3 is 11.9 Å². The highest BCUT2D eigenvalue weighted by atomic mass is 16.4. The van der Waals surface area contributed by atoms with Gasteiger partial charge in [-0.05, 0) is 85.7 Å². The predicted octanol–water partition coefficient (Wildman–Crippen LogP) is 2.92. The Hall–Kier alpha value is -1.14. The van der Waals surface area contributed by atoms with Crippen molar-refractivity contribution in [3.05, 3.63) is 0 Å². The van der Waals surface area contributed by atoms with Gasteiger partial charge in [-0.2, -0.15) is 0 Å². The molecule has 2 aliphatic heterocycles. The van der Waals surface area contributed by atoms with Gasteiger partial charge in [0.1, 0.15) is 6.04 Å². The molecule has 2 aliphatic rings. The second-order valence-electron chi connectivity index (χ2n) is 9.75. The highest BCUT2D eigenvalue weighted by Crippen LogP contribution is 2.36. The Morgan fingerprint density at radius 3 is 2.19 bits per heavy atom. The quantitative estimate of drug-likeness (QED) is 0.777. The summed E-state index contributed by atoms with van der Waals surface area (Å²) in [5.74, 6) is -1.35. The molecule has 26 heavy (non-hydrogen) atoms. The van der Waals surface area contributed by atoms with E-state index >= 15 is 0 Å². The Morgan fingerprint density at radius 2 is 1.65 bits per heavy atom. The van der Waals surface area contributed by atoms with Crippen LogP contribution in [0.4, 0.5) is 0 Å². The van der Waals surface area contributed by atoms with E-state index in [4.69, 9.17) is 0 Å². The smallest absolute Gasteiger partial charge is 0.320 e. The Morgan fingerprint density at radius 1 is 1.00 bits per heavy atom. The van der Waals surface area contributed by atoms with Crippen LogP contribution in [0, 0.1) is 11.8 Å². The van der Waals surface area contributed by atoms with Crippen LogP contribution in [0.15, 0.2) is 0 Å². The van der Waals surface area contributed by atoms with E-state index < -0.39 is 18.0 Å². The van der Waals surface area contributed by atoms with Crippen LogP contribution in [0.3, 0.4) is 0 Å². The summed E-state index contributed by atoms with van der Waals surface area (Å²) in [5.41, 5.74) is -0.253. The van der Waals surface area contributed by atoms with Gasteiger partial charge in [-0.3, -0.25) is 19.4 Å². The molecule has 0 aromatic carbocycles. The van der Waals surface area contributed by atoms with Crippen LogP contribution in [0.1, 0.15) is 66.7 Å². The van der Waals surface area contributed by atoms with Crippen molar-refractivity contribution in [1.29, 1.82) is 0 Å². The average Bonchev–Trinajstić information content (AvgIpc) is 2.53. The normalized spacial score (nSPS) is 29.5. The molecule has 0 aliphatic carbocycles. The number of rotatable bonds is 5. The minimum Gasteiger partial charge on any atom is -0.481 e. The first kappa shape index (κ1) is 21.2. The van der Waals surface area contributed by atoms with E-state index in [1.807, 2.05) is 0 Å². The standard InChI is InChI=1S/C20H36N2O4/c1-19(2,3)22-10-8-14(11-16(22)18(25)26)12-20(4,5)21-9-6-7-15(13-21)17(23)24/h14-16H,6-13H2,1-5H3,(H,23,24)(H,25,26). The first-order valence-electron chi connectivity index (χ1n) is 9.89. The lowest BCUT2D eigenvalue weighted by atomic mass is 9.78. The lowest BCUT2D eigenvalue weighted by Crippen LogP contribution is -2.57. The van der Waals surface area contributed by atoms with E-state index in [1.54, 1.807) is 0 Å². The summed E-state index contributed by atoms with van der Waals surface area (Å²) >= 11 is 0. The number of carbonyl (C=O) groups is 2. The molecule has 2 heterocycles. The molecule has 0 aromatic heterocycles. The Bertz CT molecular complexity index is 526. The topological polar surface area (TPSA) is 81.1 Å². The van der Waals surface area contributed by atoms with Crippen LogP contribution in [-0.2, 0) is 9.59 Å². The molecule has 150 valence electrons. The van der Waals surface area contributed by atoms with E-state index in [1.165, 1.54) is 0 Å². The summed E-state index contributed by atoms with van der Waals surface area (Å²) in [5, 5.41) is 19.1. The summed E-state index contributed by atoms with van der Waals surface area (Å²) in [6, 6.07) is -0.433. The number of aliphatic carboxylic acids is 2. The zero-order valence-electron chi connectivity index (χ0n) is 17.0. The van der Waals surface area contributed by atoms with Crippen molar-refractivity contribution < 1.29 is 19.8 Å². The van der Waals surface area contributed by atoms with E-state index in [2.05, 4.69) is 44.4 Å². The SMILES string of the molecule is CC(C)(C)N1CCC(CC(C)(C)N2CCCC(C(=O)O)C2)CC1C(=O)O. The van der Waals surface area contributed by atoms with Gasteiger partial charge in [0.05, 0.1) is 5.92 Å². The van der Waals surface area contributed by atoms with Gasteiger partial charge in [0.15, 0.2) is 0 Å². The molecule has 3 atom stereocenters. The van der Waals surface area contributed by atoms with Crippen molar-refractivity contribution in [2.24, 2.45) is 11.8 Å². The molecule has 0 aromatic rings. The fourth-order valence-electron chi connectivity index (χ4n) is 4.82. The molecule has 2 rings (SSSR count). The molecule has 0 spiro atoms. The number of likely N-dealkylation sites (tertiary alicyclic amines) is 2. The highest BCUT2D eigenvalue weighted by Gasteiger charge is 2.42. The lowest BCUT2D eigenvalue weighted by molar-refractivity contribution is -0.149. The minimum atomic E-state index is -0.730. The van der Waals surface area contributed by atoms with Crippen molar-refractivity contribution in [2.45, 2.75) is 83.8 Å². The maximum absolute atomic E-state index is 11.8. The summed E-state index contributed by atoms with van der Waals surface area (Å²) in [4.78, 5) is 27.6. The zero-order valence-corrected chi connectivity index (χ0v) is 17.0. The number of hydrogen-bond acceptors (Lipinski definition) is 4. The molecule has 2 N–H and O–H groups in total. The van der Waals surface area contributed by atoms with E-state index in [0.717, 1.165) is 38.8 Å². The van der Waals surface area contributed by atoms with E-state index in [9.17, 15) is 19.8 Å². The van der Waals surface area contributed by atoms with Crippen molar-refractivity contribution in [3.8, 4) is 0 Å². The van der Waals surface area contributed by atoms with Crippen molar-refractivity contribution in [2.75, 3.05) is 19.6 Å². The molecule has 2 saturated heterocycles. The number of piperidine rings is 2. The fourth-order valence-corrected chi connectivity index (χ4v) is 4.82. The molecule has 0 bridgehead atoms. The van der Waals surface area contributed by atoms with Gasteiger partial charge in [0, 0.05) is 17.6 Å². The average molecular weight is 369 g/mol. The number of hydrogen-bond donors (Lipinski definition) is 2.